The lowest BCUT2D eigenvalue weighted by atomic mass is 10.1. The van der Waals surface area contributed by atoms with Crippen LogP contribution in [-0.4, -0.2) is 16.2 Å². The minimum Gasteiger partial charge on any atom is -0.291 e. The number of anilines is 1. The van der Waals surface area contributed by atoms with Gasteiger partial charge < -0.3 is 0 Å². The lowest BCUT2D eigenvalue weighted by molar-refractivity contribution is 0.724. The Hall–Kier alpha value is -2.69. The normalized spacial score (nSPS) is 11.8. The van der Waals surface area contributed by atoms with Crippen molar-refractivity contribution in [1.29, 1.82) is 0 Å². The van der Waals surface area contributed by atoms with E-state index in [1.807, 2.05) is 18.2 Å². The summed E-state index contributed by atoms with van der Waals surface area (Å²) >= 11 is 0. The number of allylic oxidation sites excluding steroid dienone is 1. The van der Waals surface area contributed by atoms with Gasteiger partial charge in [0.25, 0.3) is 5.56 Å². The van der Waals surface area contributed by atoms with E-state index < -0.39 is 0 Å². The third-order valence-electron chi connectivity index (χ3n) is 3.49. The summed E-state index contributed by atoms with van der Waals surface area (Å²) in [6, 6.07) is 11.6. The summed E-state index contributed by atoms with van der Waals surface area (Å²) in [4.78, 5) is 18.2. The average molecular weight is 324 g/mol. The minimum absolute atomic E-state index is 0.191. The fourth-order valence-corrected chi connectivity index (χ4v) is 2.32. The molecule has 5 heteroatoms. The Kier molecular flexibility index (Phi) is 6.95. The number of benzene rings is 1. The van der Waals surface area contributed by atoms with Gasteiger partial charge in [-0.3, -0.25) is 9.78 Å². The first-order valence-corrected chi connectivity index (χ1v) is 8.30. The van der Waals surface area contributed by atoms with Crippen molar-refractivity contribution >= 4 is 18.2 Å². The van der Waals surface area contributed by atoms with Crippen LogP contribution < -0.4 is 11.0 Å². The van der Waals surface area contributed by atoms with Gasteiger partial charge in [0.1, 0.15) is 0 Å². The van der Waals surface area contributed by atoms with Crippen LogP contribution in [0.1, 0.15) is 43.9 Å². The smallest absolute Gasteiger partial charge is 0.252 e. The molecule has 0 aliphatic carbocycles. The fraction of sp³-hybridized carbons (Fsp3) is 0.316. The van der Waals surface area contributed by atoms with E-state index in [1.54, 1.807) is 13.1 Å². The van der Waals surface area contributed by atoms with Gasteiger partial charge in [-0.15, -0.1) is 0 Å². The monoisotopic (exact) mass is 324 g/mol. The summed E-state index contributed by atoms with van der Waals surface area (Å²) in [7, 11) is 0. The number of hydrazone groups is 1. The van der Waals surface area contributed by atoms with E-state index in [2.05, 4.69) is 45.6 Å². The molecule has 2 rings (SSSR count). The van der Waals surface area contributed by atoms with E-state index in [-0.39, 0.29) is 5.56 Å². The second kappa shape index (κ2) is 9.45. The van der Waals surface area contributed by atoms with Gasteiger partial charge in [-0.2, -0.15) is 5.10 Å². The molecule has 1 heterocycles. The van der Waals surface area contributed by atoms with Gasteiger partial charge in [0.15, 0.2) is 0 Å². The molecule has 1 aromatic carbocycles. The molecular weight excluding hydrogens is 300 g/mol. The van der Waals surface area contributed by atoms with Crippen LogP contribution >= 0.6 is 0 Å². The van der Waals surface area contributed by atoms with Crippen LogP contribution in [0.15, 0.2) is 51.9 Å². The van der Waals surface area contributed by atoms with Crippen LogP contribution in [0.5, 0.6) is 0 Å². The van der Waals surface area contributed by atoms with Gasteiger partial charge in [-0.25, -0.2) is 10.4 Å². The first-order chi connectivity index (χ1) is 11.7. The molecule has 0 atom stereocenters. The molecular formula is C19H24N4O. The van der Waals surface area contributed by atoms with Gasteiger partial charge in [0.2, 0.25) is 5.95 Å². The summed E-state index contributed by atoms with van der Waals surface area (Å²) < 4.78 is 0. The Morgan fingerprint density at radius 2 is 2.08 bits per heavy atom. The number of aromatic amines is 1. The summed E-state index contributed by atoms with van der Waals surface area (Å²) in [6.45, 7) is 3.96. The third kappa shape index (κ3) is 6.20. The van der Waals surface area contributed by atoms with Crippen molar-refractivity contribution in [3.05, 3.63) is 63.6 Å². The molecule has 2 N–H and O–H groups in total. The summed E-state index contributed by atoms with van der Waals surface area (Å²) in [6.07, 6.45) is 8.40. The molecule has 0 saturated heterocycles. The summed E-state index contributed by atoms with van der Waals surface area (Å²) in [5.41, 5.74) is 5.54. The molecule has 1 aromatic heterocycles. The molecule has 0 fully saturated rings. The Bertz CT molecular complexity index is 747. The van der Waals surface area contributed by atoms with Gasteiger partial charge in [0.05, 0.1) is 6.21 Å². The van der Waals surface area contributed by atoms with Crippen LogP contribution in [-0.2, 0) is 0 Å². The maximum Gasteiger partial charge on any atom is 0.252 e. The highest BCUT2D eigenvalue weighted by atomic mass is 16.1. The van der Waals surface area contributed by atoms with E-state index in [1.165, 1.54) is 18.9 Å². The number of unbranched alkanes of at least 4 members (excludes halogenated alkanes) is 2. The van der Waals surface area contributed by atoms with Crippen molar-refractivity contribution in [2.45, 2.75) is 39.5 Å². The van der Waals surface area contributed by atoms with Gasteiger partial charge >= 0.3 is 0 Å². The first-order valence-electron chi connectivity index (χ1n) is 8.30. The molecule has 24 heavy (non-hydrogen) atoms. The molecule has 0 saturated carbocycles. The average Bonchev–Trinajstić information content (AvgIpc) is 2.55. The highest BCUT2D eigenvalue weighted by Gasteiger charge is 1.98. The maximum atomic E-state index is 11.4. The lowest BCUT2D eigenvalue weighted by Crippen LogP contribution is -2.10. The third-order valence-corrected chi connectivity index (χ3v) is 3.49. The fourth-order valence-electron chi connectivity index (χ4n) is 2.32. The van der Waals surface area contributed by atoms with Crippen LogP contribution in [0.4, 0.5) is 5.95 Å². The van der Waals surface area contributed by atoms with Crippen LogP contribution in [0.3, 0.4) is 0 Å². The number of rotatable bonds is 8. The van der Waals surface area contributed by atoms with Crippen LogP contribution in [0.25, 0.3) is 6.08 Å². The van der Waals surface area contributed by atoms with Gasteiger partial charge in [-0.05, 0) is 30.9 Å². The molecule has 0 bridgehead atoms. The second-order valence-electron chi connectivity index (χ2n) is 5.69. The molecule has 0 unspecified atom stereocenters. The Balaban J connectivity index is 2.09. The second-order valence-corrected chi connectivity index (χ2v) is 5.69. The Morgan fingerprint density at radius 1 is 1.29 bits per heavy atom. The van der Waals surface area contributed by atoms with Crippen molar-refractivity contribution in [2.75, 3.05) is 5.43 Å². The number of nitrogens with one attached hydrogen (secondary N) is 2. The van der Waals surface area contributed by atoms with E-state index in [9.17, 15) is 4.79 Å². The minimum atomic E-state index is -0.191. The van der Waals surface area contributed by atoms with Crippen molar-refractivity contribution in [3.63, 3.8) is 0 Å². The zero-order valence-corrected chi connectivity index (χ0v) is 14.2. The number of hydrogen-bond acceptors (Lipinski definition) is 4. The topological polar surface area (TPSA) is 70.1 Å². The van der Waals surface area contributed by atoms with Crippen molar-refractivity contribution in [3.8, 4) is 0 Å². The molecule has 0 aliphatic rings. The van der Waals surface area contributed by atoms with Crippen LogP contribution in [0, 0.1) is 6.92 Å². The Labute approximate surface area is 142 Å². The van der Waals surface area contributed by atoms with E-state index in [0.29, 0.717) is 11.6 Å². The van der Waals surface area contributed by atoms with E-state index >= 15 is 0 Å². The van der Waals surface area contributed by atoms with Gasteiger partial charge in [0, 0.05) is 11.8 Å². The predicted molar refractivity (Wildman–Crippen MR) is 100 cm³/mol. The number of aromatic nitrogens is 2. The maximum absolute atomic E-state index is 11.4. The number of H-pyrrole nitrogens is 1. The SMILES string of the molecule is CCCCCC(/C=N\Nc1nc(C)cc(=O)[nH]1)=C\c1ccccc1. The van der Waals surface area contributed by atoms with Gasteiger partial charge in [-0.1, -0.05) is 56.2 Å². The highest BCUT2D eigenvalue weighted by Crippen LogP contribution is 2.12. The number of hydrogen-bond donors (Lipinski definition) is 2. The quantitative estimate of drug-likeness (QED) is 0.435. The van der Waals surface area contributed by atoms with Crippen molar-refractivity contribution < 1.29 is 0 Å². The summed E-state index contributed by atoms with van der Waals surface area (Å²) in [5, 5.41) is 4.22. The van der Waals surface area contributed by atoms with Crippen molar-refractivity contribution in [1.82, 2.24) is 9.97 Å². The predicted octanol–water partition coefficient (Wildman–Crippen LogP) is 4.14. The highest BCUT2D eigenvalue weighted by molar-refractivity contribution is 5.85. The largest absolute Gasteiger partial charge is 0.291 e. The molecule has 0 radical (unpaired) electrons. The lowest BCUT2D eigenvalue weighted by Gasteiger charge is -2.03. The number of nitrogens with zero attached hydrogens (tertiary/aromatic N) is 2. The Morgan fingerprint density at radius 3 is 2.79 bits per heavy atom. The molecule has 0 aliphatic heterocycles. The molecule has 5 nitrogen and oxygen atoms in total. The zero-order chi connectivity index (χ0) is 17.2. The number of aryl methyl sites for hydroxylation is 1. The van der Waals surface area contributed by atoms with E-state index in [4.69, 9.17) is 0 Å². The first kappa shape index (κ1) is 17.7. The molecule has 0 spiro atoms. The zero-order valence-electron chi connectivity index (χ0n) is 14.2. The summed E-state index contributed by atoms with van der Waals surface area (Å²) in [5.74, 6) is 0.351. The molecule has 2 aromatic rings. The molecule has 126 valence electrons. The van der Waals surface area contributed by atoms with Crippen LogP contribution in [0.2, 0.25) is 0 Å². The van der Waals surface area contributed by atoms with E-state index in [0.717, 1.165) is 24.0 Å². The molecule has 0 amide bonds. The van der Waals surface area contributed by atoms with Crippen molar-refractivity contribution in [2.24, 2.45) is 5.10 Å². The standard InChI is InChI=1S/C19H24N4O/c1-3-4-6-11-17(13-16-9-7-5-8-10-16)14-20-23-19-21-15(2)12-18(24)22-19/h5,7-10,12-14H,3-4,6,11H2,1-2H3,(H2,21,22,23,24)/b17-13+,20-14-.